The quantitative estimate of drug-likeness (QED) is 0.612. The van der Waals surface area contributed by atoms with Crippen molar-refractivity contribution in [2.45, 2.75) is 39.1 Å². The molecule has 0 spiro atoms. The molecule has 2 aromatic rings. The van der Waals surface area contributed by atoms with Crippen LogP contribution in [0, 0.1) is 5.82 Å². The van der Waals surface area contributed by atoms with Crippen LogP contribution in [0.25, 0.3) is 0 Å². The second kappa shape index (κ2) is 9.50. The second-order valence-corrected chi connectivity index (χ2v) is 7.10. The van der Waals surface area contributed by atoms with E-state index in [9.17, 15) is 4.39 Å². The topological polar surface area (TPSA) is 61.8 Å². The molecule has 150 valence electrons. The lowest BCUT2D eigenvalue weighted by atomic mass is 10.2. The summed E-state index contributed by atoms with van der Waals surface area (Å²) >= 11 is 0. The van der Waals surface area contributed by atoms with Gasteiger partial charge in [-0.05, 0) is 43.2 Å². The Bertz CT molecular complexity index is 786. The normalized spacial score (nSPS) is 20.1. The van der Waals surface area contributed by atoms with Gasteiger partial charge in [0.25, 0.3) is 0 Å². The molecule has 7 heteroatoms. The standard InChI is InChI=1S/C21H28FN5O/c1-15-13-27(14-16(2)28-15)20-8-7-18(11-24-20)12-26-21(23-3)25-10-17-5-4-6-19(22)9-17/h4-9,11,15-16H,10,12-14H2,1-3H3,(H2,23,25,26). The highest BCUT2D eigenvalue weighted by atomic mass is 19.1. The zero-order valence-electron chi connectivity index (χ0n) is 16.7. The number of nitrogens with one attached hydrogen (secondary N) is 2. The zero-order chi connectivity index (χ0) is 19.9. The van der Waals surface area contributed by atoms with Gasteiger partial charge < -0.3 is 20.3 Å². The Morgan fingerprint density at radius 3 is 2.46 bits per heavy atom. The van der Waals surface area contributed by atoms with Crippen LogP contribution in [0.1, 0.15) is 25.0 Å². The maximum atomic E-state index is 13.3. The Hall–Kier alpha value is -2.67. The number of benzene rings is 1. The van der Waals surface area contributed by atoms with Gasteiger partial charge >= 0.3 is 0 Å². The molecule has 6 nitrogen and oxygen atoms in total. The van der Waals surface area contributed by atoms with Crippen molar-refractivity contribution in [1.82, 2.24) is 15.6 Å². The molecular weight excluding hydrogens is 357 g/mol. The Kier molecular flexibility index (Phi) is 6.81. The SMILES string of the molecule is CN=C(NCc1ccc(N2CC(C)OC(C)C2)nc1)NCc1cccc(F)c1. The zero-order valence-corrected chi connectivity index (χ0v) is 16.7. The van der Waals surface area contributed by atoms with Gasteiger partial charge in [0.15, 0.2) is 5.96 Å². The van der Waals surface area contributed by atoms with E-state index in [1.165, 1.54) is 12.1 Å². The molecule has 1 saturated heterocycles. The van der Waals surface area contributed by atoms with Crippen molar-refractivity contribution in [1.29, 1.82) is 0 Å². The Morgan fingerprint density at radius 1 is 1.14 bits per heavy atom. The van der Waals surface area contributed by atoms with Crippen LogP contribution in [0.2, 0.25) is 0 Å². The van der Waals surface area contributed by atoms with Gasteiger partial charge in [-0.25, -0.2) is 9.37 Å². The van der Waals surface area contributed by atoms with Crippen molar-refractivity contribution in [2.24, 2.45) is 4.99 Å². The molecular formula is C21H28FN5O. The highest BCUT2D eigenvalue weighted by molar-refractivity contribution is 5.79. The van der Waals surface area contributed by atoms with E-state index in [1.807, 2.05) is 18.3 Å². The number of rotatable bonds is 5. The minimum atomic E-state index is -0.238. The molecule has 2 atom stereocenters. The Balaban J connectivity index is 1.50. The first-order valence-corrected chi connectivity index (χ1v) is 9.58. The lowest BCUT2D eigenvalue weighted by Gasteiger charge is -2.36. The molecule has 1 aromatic heterocycles. The van der Waals surface area contributed by atoms with Gasteiger partial charge in [-0.3, -0.25) is 4.99 Å². The molecule has 1 fully saturated rings. The third-order valence-corrected chi connectivity index (χ3v) is 4.59. The molecule has 2 N–H and O–H groups in total. The van der Waals surface area contributed by atoms with Crippen molar-refractivity contribution < 1.29 is 9.13 Å². The molecule has 28 heavy (non-hydrogen) atoms. The van der Waals surface area contributed by atoms with E-state index >= 15 is 0 Å². The summed E-state index contributed by atoms with van der Waals surface area (Å²) in [5.41, 5.74) is 1.93. The maximum absolute atomic E-state index is 13.3. The van der Waals surface area contributed by atoms with Gasteiger partial charge in [0.05, 0.1) is 12.2 Å². The van der Waals surface area contributed by atoms with Crippen molar-refractivity contribution in [2.75, 3.05) is 25.0 Å². The van der Waals surface area contributed by atoms with Gasteiger partial charge in [0.1, 0.15) is 11.6 Å². The van der Waals surface area contributed by atoms with Crippen LogP contribution in [0.5, 0.6) is 0 Å². The van der Waals surface area contributed by atoms with Crippen LogP contribution in [0.3, 0.4) is 0 Å². The van der Waals surface area contributed by atoms with Crippen LogP contribution in [-0.2, 0) is 17.8 Å². The van der Waals surface area contributed by atoms with Crippen molar-refractivity contribution in [3.05, 3.63) is 59.5 Å². The molecule has 2 unspecified atom stereocenters. The van der Waals surface area contributed by atoms with Gasteiger partial charge in [-0.15, -0.1) is 0 Å². The van der Waals surface area contributed by atoms with E-state index in [1.54, 1.807) is 13.1 Å². The van der Waals surface area contributed by atoms with E-state index in [4.69, 9.17) is 4.74 Å². The van der Waals surface area contributed by atoms with Crippen molar-refractivity contribution in [3.63, 3.8) is 0 Å². The first kappa shape index (κ1) is 20.1. The lowest BCUT2D eigenvalue weighted by Crippen LogP contribution is -2.45. The Morgan fingerprint density at radius 2 is 1.86 bits per heavy atom. The fourth-order valence-electron chi connectivity index (χ4n) is 3.31. The minimum absolute atomic E-state index is 0.208. The molecule has 3 rings (SSSR count). The summed E-state index contributed by atoms with van der Waals surface area (Å²) in [5.74, 6) is 1.39. The fraction of sp³-hybridized carbons (Fsp3) is 0.429. The van der Waals surface area contributed by atoms with E-state index < -0.39 is 0 Å². The third-order valence-electron chi connectivity index (χ3n) is 4.59. The predicted molar refractivity (Wildman–Crippen MR) is 110 cm³/mol. The largest absolute Gasteiger partial charge is 0.372 e. The van der Waals surface area contributed by atoms with Crippen LogP contribution in [-0.4, -0.2) is 43.3 Å². The molecule has 0 radical (unpaired) electrons. The second-order valence-electron chi connectivity index (χ2n) is 7.10. The van der Waals surface area contributed by atoms with Gasteiger partial charge in [-0.1, -0.05) is 18.2 Å². The van der Waals surface area contributed by atoms with E-state index in [-0.39, 0.29) is 18.0 Å². The first-order valence-electron chi connectivity index (χ1n) is 9.58. The number of morpholine rings is 1. The van der Waals surface area contributed by atoms with E-state index in [2.05, 4.69) is 45.4 Å². The van der Waals surface area contributed by atoms with E-state index in [0.29, 0.717) is 19.0 Å². The van der Waals surface area contributed by atoms with Crippen molar-refractivity contribution >= 4 is 11.8 Å². The van der Waals surface area contributed by atoms with Gasteiger partial charge in [-0.2, -0.15) is 0 Å². The number of hydrogen-bond donors (Lipinski definition) is 2. The first-order chi connectivity index (χ1) is 13.5. The summed E-state index contributed by atoms with van der Waals surface area (Å²) in [4.78, 5) is 11.1. The van der Waals surface area contributed by atoms with E-state index in [0.717, 1.165) is 30.0 Å². The Labute approximate surface area is 165 Å². The predicted octanol–water partition coefficient (Wildman–Crippen LogP) is 2.70. The number of pyridine rings is 1. The number of halogens is 1. The number of nitrogens with zero attached hydrogens (tertiary/aromatic N) is 3. The summed E-state index contributed by atoms with van der Waals surface area (Å²) in [6.07, 6.45) is 2.30. The summed E-state index contributed by atoms with van der Waals surface area (Å²) < 4.78 is 19.0. The average molecular weight is 385 g/mol. The van der Waals surface area contributed by atoms with Crippen LogP contribution < -0.4 is 15.5 Å². The fourth-order valence-corrected chi connectivity index (χ4v) is 3.31. The molecule has 1 aliphatic rings. The molecule has 0 bridgehead atoms. The molecule has 1 aliphatic heterocycles. The minimum Gasteiger partial charge on any atom is -0.372 e. The average Bonchev–Trinajstić information content (AvgIpc) is 2.68. The highest BCUT2D eigenvalue weighted by Gasteiger charge is 2.22. The molecule has 0 saturated carbocycles. The van der Waals surface area contributed by atoms with Gasteiger partial charge in [0, 0.05) is 39.4 Å². The lowest BCUT2D eigenvalue weighted by molar-refractivity contribution is -0.00545. The highest BCUT2D eigenvalue weighted by Crippen LogP contribution is 2.18. The number of guanidine groups is 1. The smallest absolute Gasteiger partial charge is 0.191 e. The maximum Gasteiger partial charge on any atom is 0.191 e. The third kappa shape index (κ3) is 5.66. The summed E-state index contributed by atoms with van der Waals surface area (Å²) in [6, 6.07) is 10.6. The van der Waals surface area contributed by atoms with Crippen molar-refractivity contribution in [3.8, 4) is 0 Å². The van der Waals surface area contributed by atoms with Gasteiger partial charge in [0.2, 0.25) is 0 Å². The number of anilines is 1. The van der Waals surface area contributed by atoms with Crippen LogP contribution >= 0.6 is 0 Å². The monoisotopic (exact) mass is 385 g/mol. The molecule has 1 aromatic carbocycles. The summed E-state index contributed by atoms with van der Waals surface area (Å²) in [7, 11) is 1.71. The summed E-state index contributed by atoms with van der Waals surface area (Å²) in [6.45, 7) is 6.98. The van der Waals surface area contributed by atoms with Crippen LogP contribution in [0.15, 0.2) is 47.6 Å². The number of aromatic nitrogens is 1. The number of ether oxygens (including phenoxy) is 1. The summed E-state index contributed by atoms with van der Waals surface area (Å²) in [5, 5.41) is 6.44. The number of hydrogen-bond acceptors (Lipinski definition) is 4. The molecule has 0 amide bonds. The molecule has 0 aliphatic carbocycles. The number of aliphatic imine (C=N–C) groups is 1. The van der Waals surface area contributed by atoms with Crippen LogP contribution in [0.4, 0.5) is 10.2 Å². The molecule has 2 heterocycles.